The maximum atomic E-state index is 11.0. The fourth-order valence-corrected chi connectivity index (χ4v) is 2.06. The minimum Gasteiger partial charge on any atom is -0.361 e. The highest BCUT2D eigenvalue weighted by Gasteiger charge is 2.07. The van der Waals surface area contributed by atoms with Crippen molar-refractivity contribution in [3.05, 3.63) is 58.6 Å². The zero-order chi connectivity index (χ0) is 16.1. The first kappa shape index (κ1) is 15.9. The molecule has 0 spiro atoms. The second-order valence-corrected chi connectivity index (χ2v) is 5.50. The highest BCUT2D eigenvalue weighted by molar-refractivity contribution is 9.10. The zero-order valence-electron chi connectivity index (χ0n) is 11.8. The maximum Gasteiger partial charge on any atom is 0.329 e. The number of hydrogen-bond donors (Lipinski definition) is 2. The molecule has 0 bridgehead atoms. The van der Waals surface area contributed by atoms with E-state index in [4.69, 9.17) is 5.73 Å². The van der Waals surface area contributed by atoms with Gasteiger partial charge in [0.2, 0.25) is 0 Å². The number of nitrogens with two attached hydrogens (primary N) is 1. The summed E-state index contributed by atoms with van der Waals surface area (Å²) in [6.45, 7) is 1.73. The molecule has 5 nitrogen and oxygen atoms in total. The van der Waals surface area contributed by atoms with E-state index in [1.54, 1.807) is 6.92 Å². The second kappa shape index (κ2) is 7.00. The quantitative estimate of drug-likeness (QED) is 0.501. The maximum absolute atomic E-state index is 11.0. The Morgan fingerprint density at radius 3 is 2.00 bits per heavy atom. The number of nitrogens with one attached hydrogen (secondary N) is 1. The molecule has 0 unspecified atom stereocenters. The Morgan fingerprint density at radius 1 is 1.00 bits per heavy atom. The third-order valence-corrected chi connectivity index (χ3v) is 3.56. The molecule has 0 fully saturated rings. The summed E-state index contributed by atoms with van der Waals surface area (Å²) in [5, 5.41) is 3.84. The Kier molecular flexibility index (Phi) is 5.06. The molecule has 0 aliphatic carbocycles. The number of rotatable bonds is 3. The van der Waals surface area contributed by atoms with E-state index in [1.165, 1.54) is 0 Å². The molecule has 0 saturated carbocycles. The van der Waals surface area contributed by atoms with Gasteiger partial charge >= 0.3 is 11.8 Å². The monoisotopic (exact) mass is 359 g/mol. The van der Waals surface area contributed by atoms with Gasteiger partial charge in [-0.05, 0) is 35.7 Å². The van der Waals surface area contributed by atoms with E-state index >= 15 is 0 Å². The van der Waals surface area contributed by atoms with Gasteiger partial charge in [-0.2, -0.15) is 5.10 Å². The van der Waals surface area contributed by atoms with E-state index in [0.29, 0.717) is 5.71 Å². The minimum atomic E-state index is -1.07. The molecular weight excluding hydrogens is 346 g/mol. The van der Waals surface area contributed by atoms with Gasteiger partial charge in [-0.25, -0.2) is 5.43 Å². The van der Waals surface area contributed by atoms with Crippen molar-refractivity contribution in [1.82, 2.24) is 5.43 Å². The molecule has 0 aliphatic heterocycles. The van der Waals surface area contributed by atoms with Gasteiger partial charge in [0.25, 0.3) is 0 Å². The first-order valence-corrected chi connectivity index (χ1v) is 7.27. The summed E-state index contributed by atoms with van der Waals surface area (Å²) in [6, 6.07) is 15.7. The SMILES string of the molecule is C/C(=N/NC(=O)C(N)=O)c1ccc(-c2ccc(Br)cc2)cc1. The first-order chi connectivity index (χ1) is 10.5. The minimum absolute atomic E-state index is 0.581. The van der Waals surface area contributed by atoms with Crippen LogP contribution in [0.15, 0.2) is 58.1 Å². The van der Waals surface area contributed by atoms with Crippen LogP contribution in [-0.2, 0) is 9.59 Å². The van der Waals surface area contributed by atoms with E-state index in [2.05, 4.69) is 26.5 Å². The van der Waals surface area contributed by atoms with Crippen LogP contribution in [0.5, 0.6) is 0 Å². The van der Waals surface area contributed by atoms with Crippen molar-refractivity contribution >= 4 is 33.5 Å². The van der Waals surface area contributed by atoms with Crippen molar-refractivity contribution < 1.29 is 9.59 Å². The summed E-state index contributed by atoms with van der Waals surface area (Å²) in [4.78, 5) is 21.7. The van der Waals surface area contributed by atoms with Gasteiger partial charge in [-0.1, -0.05) is 52.3 Å². The van der Waals surface area contributed by atoms with E-state index < -0.39 is 11.8 Å². The lowest BCUT2D eigenvalue weighted by Crippen LogP contribution is -2.33. The van der Waals surface area contributed by atoms with Crippen LogP contribution >= 0.6 is 15.9 Å². The third kappa shape index (κ3) is 4.02. The summed E-state index contributed by atoms with van der Waals surface area (Å²) in [6.07, 6.45) is 0. The van der Waals surface area contributed by atoms with Crippen LogP contribution in [0.1, 0.15) is 12.5 Å². The smallest absolute Gasteiger partial charge is 0.329 e. The number of primary amides is 1. The molecule has 6 heteroatoms. The van der Waals surface area contributed by atoms with E-state index in [1.807, 2.05) is 48.5 Å². The van der Waals surface area contributed by atoms with Crippen molar-refractivity contribution in [2.24, 2.45) is 10.8 Å². The number of carbonyl (C=O) groups is 2. The number of benzene rings is 2. The standard InChI is InChI=1S/C16H14BrN3O2/c1-10(19-20-16(22)15(18)21)11-2-4-12(5-3-11)13-6-8-14(17)9-7-13/h2-9H,1H3,(H2,18,21)(H,20,22)/b19-10-. The average molecular weight is 360 g/mol. The molecule has 0 saturated heterocycles. The summed E-state index contributed by atoms with van der Waals surface area (Å²) in [7, 11) is 0. The largest absolute Gasteiger partial charge is 0.361 e. The molecule has 22 heavy (non-hydrogen) atoms. The predicted molar refractivity (Wildman–Crippen MR) is 89.1 cm³/mol. The zero-order valence-corrected chi connectivity index (χ0v) is 13.4. The second-order valence-electron chi connectivity index (χ2n) is 4.59. The number of amides is 2. The topological polar surface area (TPSA) is 84.6 Å². The Hall–Kier alpha value is -2.47. The Morgan fingerprint density at radius 2 is 1.50 bits per heavy atom. The average Bonchev–Trinajstić information content (AvgIpc) is 2.53. The van der Waals surface area contributed by atoms with Crippen LogP contribution in [0.3, 0.4) is 0 Å². The number of nitrogens with zero attached hydrogens (tertiary/aromatic N) is 1. The summed E-state index contributed by atoms with van der Waals surface area (Å²) in [5.41, 5.74) is 10.5. The molecule has 0 aliphatic rings. The highest BCUT2D eigenvalue weighted by atomic mass is 79.9. The van der Waals surface area contributed by atoms with Crippen LogP contribution in [0.2, 0.25) is 0 Å². The molecule has 0 aromatic heterocycles. The lowest BCUT2D eigenvalue weighted by atomic mass is 10.0. The van der Waals surface area contributed by atoms with Gasteiger partial charge < -0.3 is 5.73 Å². The highest BCUT2D eigenvalue weighted by Crippen LogP contribution is 2.22. The number of hydrogen-bond acceptors (Lipinski definition) is 3. The summed E-state index contributed by atoms with van der Waals surface area (Å²) in [5.74, 6) is -2.01. The van der Waals surface area contributed by atoms with Gasteiger partial charge in [-0.15, -0.1) is 0 Å². The van der Waals surface area contributed by atoms with Crippen LogP contribution < -0.4 is 11.2 Å². The van der Waals surface area contributed by atoms with Crippen molar-refractivity contribution in [2.75, 3.05) is 0 Å². The molecule has 0 radical (unpaired) electrons. The first-order valence-electron chi connectivity index (χ1n) is 6.48. The Balaban J connectivity index is 2.14. The molecule has 2 aromatic rings. The molecular formula is C16H14BrN3O2. The van der Waals surface area contributed by atoms with Crippen molar-refractivity contribution in [1.29, 1.82) is 0 Å². The molecule has 2 amide bonds. The molecule has 3 N–H and O–H groups in total. The van der Waals surface area contributed by atoms with E-state index in [0.717, 1.165) is 21.2 Å². The normalized spacial score (nSPS) is 11.1. The molecule has 2 aromatic carbocycles. The van der Waals surface area contributed by atoms with Crippen LogP contribution in [0.25, 0.3) is 11.1 Å². The summed E-state index contributed by atoms with van der Waals surface area (Å²) >= 11 is 3.40. The van der Waals surface area contributed by atoms with Gasteiger partial charge in [-0.3, -0.25) is 9.59 Å². The van der Waals surface area contributed by atoms with Crippen LogP contribution in [0.4, 0.5) is 0 Å². The number of hydrazone groups is 1. The Bertz CT molecular complexity index is 722. The van der Waals surface area contributed by atoms with Gasteiger partial charge in [0.05, 0.1) is 5.71 Å². The van der Waals surface area contributed by atoms with Gasteiger partial charge in [0.15, 0.2) is 0 Å². The fraction of sp³-hybridized carbons (Fsp3) is 0.0625. The van der Waals surface area contributed by atoms with E-state index in [-0.39, 0.29) is 0 Å². The van der Waals surface area contributed by atoms with Crippen molar-refractivity contribution in [3.63, 3.8) is 0 Å². The van der Waals surface area contributed by atoms with Crippen LogP contribution in [-0.4, -0.2) is 17.5 Å². The van der Waals surface area contributed by atoms with Crippen molar-refractivity contribution in [2.45, 2.75) is 6.92 Å². The number of halogens is 1. The van der Waals surface area contributed by atoms with Crippen LogP contribution in [0, 0.1) is 0 Å². The molecule has 0 heterocycles. The fourth-order valence-electron chi connectivity index (χ4n) is 1.80. The summed E-state index contributed by atoms with van der Waals surface area (Å²) < 4.78 is 1.03. The molecule has 0 atom stereocenters. The third-order valence-electron chi connectivity index (χ3n) is 3.03. The molecule has 2 rings (SSSR count). The number of carbonyl (C=O) groups excluding carboxylic acids is 2. The Labute approximate surface area is 136 Å². The lowest BCUT2D eigenvalue weighted by molar-refractivity contribution is -0.137. The van der Waals surface area contributed by atoms with Crippen molar-refractivity contribution in [3.8, 4) is 11.1 Å². The van der Waals surface area contributed by atoms with Gasteiger partial charge in [0.1, 0.15) is 0 Å². The predicted octanol–water partition coefficient (Wildman–Crippen LogP) is 2.44. The van der Waals surface area contributed by atoms with E-state index in [9.17, 15) is 9.59 Å². The van der Waals surface area contributed by atoms with Gasteiger partial charge in [0, 0.05) is 4.47 Å². The lowest BCUT2D eigenvalue weighted by Gasteiger charge is -2.05. The molecule has 112 valence electrons.